The molecule has 0 unspecified atom stereocenters. The van der Waals surface area contributed by atoms with Gasteiger partial charge in [0.05, 0.1) is 5.69 Å². The lowest BCUT2D eigenvalue weighted by molar-refractivity contribution is -0.121. The maximum atomic E-state index is 12.4. The number of fused-ring (bicyclic) bond motifs is 1. The Kier molecular flexibility index (Phi) is 4.32. The zero-order valence-corrected chi connectivity index (χ0v) is 13.6. The third kappa shape index (κ3) is 3.52. The first-order chi connectivity index (χ1) is 11.1. The summed E-state index contributed by atoms with van der Waals surface area (Å²) in [6, 6.07) is 4.27. The van der Waals surface area contributed by atoms with E-state index in [1.165, 1.54) is 0 Å². The summed E-state index contributed by atoms with van der Waals surface area (Å²) in [6.07, 6.45) is 5.12. The van der Waals surface area contributed by atoms with Crippen LogP contribution in [-0.4, -0.2) is 33.8 Å². The van der Waals surface area contributed by atoms with E-state index in [-0.39, 0.29) is 11.8 Å². The molecule has 2 aromatic rings. The number of aryl methyl sites for hydroxylation is 2. The van der Waals surface area contributed by atoms with Crippen LogP contribution in [0, 0.1) is 13.8 Å². The van der Waals surface area contributed by atoms with E-state index >= 15 is 0 Å². The van der Waals surface area contributed by atoms with Crippen LogP contribution in [-0.2, 0) is 4.79 Å². The first kappa shape index (κ1) is 15.5. The zero-order chi connectivity index (χ0) is 16.4. The van der Waals surface area contributed by atoms with Crippen LogP contribution >= 0.6 is 0 Å². The van der Waals surface area contributed by atoms with Crippen LogP contribution in [0.1, 0.15) is 47.4 Å². The molecule has 23 heavy (non-hydrogen) atoms. The number of aromatic nitrogens is 2. The van der Waals surface area contributed by atoms with Crippen molar-refractivity contribution in [1.29, 1.82) is 0 Å². The molecule has 6 nitrogen and oxygen atoms in total. The maximum Gasteiger partial charge on any atom is 0.270 e. The van der Waals surface area contributed by atoms with Crippen molar-refractivity contribution in [2.24, 2.45) is 0 Å². The van der Waals surface area contributed by atoms with Crippen LogP contribution < -0.4 is 10.6 Å². The summed E-state index contributed by atoms with van der Waals surface area (Å²) in [5.41, 5.74) is 3.11. The van der Waals surface area contributed by atoms with Crippen molar-refractivity contribution in [3.63, 3.8) is 0 Å². The van der Waals surface area contributed by atoms with Crippen molar-refractivity contribution >= 4 is 17.5 Å². The summed E-state index contributed by atoms with van der Waals surface area (Å²) in [5.74, 6) is -0.0773. The summed E-state index contributed by atoms with van der Waals surface area (Å²) in [6.45, 7) is 4.29. The van der Waals surface area contributed by atoms with E-state index in [0.717, 1.165) is 24.1 Å². The quantitative estimate of drug-likeness (QED) is 0.798. The van der Waals surface area contributed by atoms with Crippen LogP contribution in [0.15, 0.2) is 18.3 Å². The van der Waals surface area contributed by atoms with Gasteiger partial charge in [-0.05, 0) is 44.7 Å². The van der Waals surface area contributed by atoms with Gasteiger partial charge in [-0.1, -0.05) is 6.07 Å². The molecule has 3 rings (SSSR count). The third-order valence-electron chi connectivity index (χ3n) is 4.04. The number of hydrogen-bond donors (Lipinski definition) is 2. The molecule has 1 aliphatic rings. The van der Waals surface area contributed by atoms with E-state index < -0.39 is 0 Å². The van der Waals surface area contributed by atoms with Gasteiger partial charge in [-0.15, -0.1) is 0 Å². The molecule has 122 valence electrons. The van der Waals surface area contributed by atoms with E-state index in [4.69, 9.17) is 0 Å². The van der Waals surface area contributed by atoms with E-state index in [9.17, 15) is 9.59 Å². The molecule has 6 heteroatoms. The van der Waals surface area contributed by atoms with Gasteiger partial charge in [0.15, 0.2) is 0 Å². The van der Waals surface area contributed by atoms with Crippen LogP contribution in [0.3, 0.4) is 0 Å². The van der Waals surface area contributed by atoms with Crippen molar-refractivity contribution in [2.45, 2.75) is 45.6 Å². The second-order valence-corrected chi connectivity index (χ2v) is 6.13. The molecular formula is C17H22N4O2. The topological polar surface area (TPSA) is 75.5 Å². The molecule has 0 aliphatic heterocycles. The smallest absolute Gasteiger partial charge is 0.270 e. The molecule has 2 N–H and O–H groups in total. The number of hydrogen-bond acceptors (Lipinski definition) is 3. The minimum atomic E-state index is -0.150. The van der Waals surface area contributed by atoms with Crippen molar-refractivity contribution in [3.05, 3.63) is 35.3 Å². The van der Waals surface area contributed by atoms with E-state index in [1.807, 2.05) is 36.6 Å². The number of carbonyl (C=O) groups is 2. The van der Waals surface area contributed by atoms with Gasteiger partial charge in [-0.2, -0.15) is 0 Å². The number of nitrogens with zero attached hydrogens (tertiary/aromatic N) is 2. The Morgan fingerprint density at radius 3 is 2.87 bits per heavy atom. The Bertz CT molecular complexity index is 746. The second kappa shape index (κ2) is 6.40. The molecule has 1 fully saturated rings. The molecule has 1 saturated carbocycles. The first-order valence-corrected chi connectivity index (χ1v) is 8.08. The minimum Gasteiger partial charge on any atom is -0.353 e. The van der Waals surface area contributed by atoms with E-state index in [2.05, 4.69) is 15.6 Å². The number of rotatable bonds is 6. The van der Waals surface area contributed by atoms with E-state index in [0.29, 0.717) is 36.8 Å². The number of carbonyl (C=O) groups excluding carboxylic acids is 2. The lowest BCUT2D eigenvalue weighted by Gasteiger charge is -2.07. The molecule has 2 heterocycles. The summed E-state index contributed by atoms with van der Waals surface area (Å²) in [5, 5.41) is 5.83. The highest BCUT2D eigenvalue weighted by molar-refractivity contribution is 5.94. The molecule has 1 aliphatic carbocycles. The highest BCUT2D eigenvalue weighted by Crippen LogP contribution is 2.18. The Morgan fingerprint density at radius 1 is 1.35 bits per heavy atom. The van der Waals surface area contributed by atoms with Crippen molar-refractivity contribution < 1.29 is 9.59 Å². The lowest BCUT2D eigenvalue weighted by atomic mass is 10.2. The van der Waals surface area contributed by atoms with Crippen molar-refractivity contribution in [2.75, 3.05) is 6.54 Å². The minimum absolute atomic E-state index is 0.0726. The largest absolute Gasteiger partial charge is 0.353 e. The molecule has 0 bridgehead atoms. The predicted molar refractivity (Wildman–Crippen MR) is 87.4 cm³/mol. The monoisotopic (exact) mass is 314 g/mol. The summed E-state index contributed by atoms with van der Waals surface area (Å²) >= 11 is 0. The molecule has 0 aromatic carbocycles. The third-order valence-corrected chi connectivity index (χ3v) is 4.04. The van der Waals surface area contributed by atoms with Gasteiger partial charge in [0, 0.05) is 25.2 Å². The van der Waals surface area contributed by atoms with Gasteiger partial charge in [0.25, 0.3) is 5.91 Å². The standard InChI is InChI=1S/C17H22N4O2/c1-11-5-4-10-21-15(12(2)19-16(11)21)17(23)18-9-3-6-14(22)20-13-7-8-13/h4-5,10,13H,3,6-9H2,1-2H3,(H,18,23)(H,20,22). The molecule has 0 radical (unpaired) electrons. The Hall–Kier alpha value is -2.37. The SMILES string of the molecule is Cc1nc2c(C)cccn2c1C(=O)NCCCC(=O)NC1CC1. The highest BCUT2D eigenvalue weighted by Gasteiger charge is 2.23. The predicted octanol–water partition coefficient (Wildman–Crippen LogP) is 1.74. The van der Waals surface area contributed by atoms with Gasteiger partial charge in [-0.3, -0.25) is 14.0 Å². The Morgan fingerprint density at radius 2 is 2.13 bits per heavy atom. The van der Waals surface area contributed by atoms with Crippen LogP contribution in [0.2, 0.25) is 0 Å². The van der Waals surface area contributed by atoms with E-state index in [1.54, 1.807) is 0 Å². The normalized spacial score (nSPS) is 14.0. The molecular weight excluding hydrogens is 292 g/mol. The van der Waals surface area contributed by atoms with Crippen molar-refractivity contribution in [1.82, 2.24) is 20.0 Å². The number of nitrogens with one attached hydrogen (secondary N) is 2. The lowest BCUT2D eigenvalue weighted by Crippen LogP contribution is -2.29. The fourth-order valence-electron chi connectivity index (χ4n) is 2.65. The number of imidazole rings is 1. The van der Waals surface area contributed by atoms with Gasteiger partial charge in [0.1, 0.15) is 11.3 Å². The fourth-order valence-corrected chi connectivity index (χ4v) is 2.65. The maximum absolute atomic E-state index is 12.4. The van der Waals surface area contributed by atoms with Crippen molar-refractivity contribution in [3.8, 4) is 0 Å². The zero-order valence-electron chi connectivity index (χ0n) is 13.6. The first-order valence-electron chi connectivity index (χ1n) is 8.08. The number of pyridine rings is 1. The van der Waals surface area contributed by atoms with Gasteiger partial charge >= 0.3 is 0 Å². The summed E-state index contributed by atoms with van der Waals surface area (Å²) in [7, 11) is 0. The Labute approximate surface area is 135 Å². The van der Waals surface area contributed by atoms with Crippen LogP contribution in [0.5, 0.6) is 0 Å². The highest BCUT2D eigenvalue weighted by atomic mass is 16.2. The molecule has 2 amide bonds. The van der Waals surface area contributed by atoms with Gasteiger partial charge in [-0.25, -0.2) is 4.98 Å². The summed E-state index contributed by atoms with van der Waals surface area (Å²) < 4.78 is 1.82. The number of amides is 2. The molecule has 2 aromatic heterocycles. The second-order valence-electron chi connectivity index (χ2n) is 6.13. The average molecular weight is 314 g/mol. The Balaban J connectivity index is 1.57. The summed E-state index contributed by atoms with van der Waals surface area (Å²) in [4.78, 5) is 28.5. The molecule has 0 atom stereocenters. The average Bonchev–Trinajstić information content (AvgIpc) is 3.24. The van der Waals surface area contributed by atoms with Gasteiger partial charge < -0.3 is 10.6 Å². The molecule has 0 spiro atoms. The van der Waals surface area contributed by atoms with Crippen LogP contribution in [0.4, 0.5) is 0 Å². The van der Waals surface area contributed by atoms with Gasteiger partial charge in [0.2, 0.25) is 5.91 Å². The van der Waals surface area contributed by atoms with Crippen LogP contribution in [0.25, 0.3) is 5.65 Å². The fraction of sp³-hybridized carbons (Fsp3) is 0.471. The molecule has 0 saturated heterocycles.